The van der Waals surface area contributed by atoms with E-state index in [0.717, 1.165) is 5.56 Å². The number of aliphatic hydroxyl groups excluding tert-OH is 1. The maximum Gasteiger partial charge on any atom is 0.140 e. The maximum atomic E-state index is 13.5. The van der Waals surface area contributed by atoms with Crippen molar-refractivity contribution in [2.45, 2.75) is 13.0 Å². The lowest BCUT2D eigenvalue weighted by atomic mass is 10.0. The highest BCUT2D eigenvalue weighted by Crippen LogP contribution is 2.28. The molecule has 0 aliphatic heterocycles. The summed E-state index contributed by atoms with van der Waals surface area (Å²) in [5, 5.41) is 10.3. The molecule has 16 heavy (non-hydrogen) atoms. The first-order valence-electron chi connectivity index (χ1n) is 4.76. The molecule has 0 aliphatic rings. The van der Waals surface area contributed by atoms with Crippen molar-refractivity contribution in [1.29, 1.82) is 0 Å². The number of aliphatic hydroxyl groups is 1. The highest BCUT2D eigenvalue weighted by Gasteiger charge is 2.19. The van der Waals surface area contributed by atoms with Crippen LogP contribution in [0.2, 0.25) is 5.02 Å². The summed E-state index contributed by atoms with van der Waals surface area (Å²) in [5.74, 6) is -0.197. The normalized spacial score (nSPS) is 12.8. The van der Waals surface area contributed by atoms with E-state index in [2.05, 4.69) is 0 Å². The Balaban J connectivity index is 2.41. The molecule has 4 heteroatoms. The van der Waals surface area contributed by atoms with E-state index < -0.39 is 11.9 Å². The zero-order valence-corrected chi connectivity index (χ0v) is 9.33. The largest absolute Gasteiger partial charge is 0.466 e. The van der Waals surface area contributed by atoms with Gasteiger partial charge < -0.3 is 9.52 Å². The molecule has 0 aliphatic carbocycles. The van der Waals surface area contributed by atoms with E-state index in [1.54, 1.807) is 13.0 Å². The zero-order chi connectivity index (χ0) is 11.7. The molecule has 0 bridgehead atoms. The van der Waals surface area contributed by atoms with Gasteiger partial charge in [0.05, 0.1) is 6.26 Å². The first-order chi connectivity index (χ1) is 7.59. The second-order valence-electron chi connectivity index (χ2n) is 3.54. The predicted molar refractivity (Wildman–Crippen MR) is 58.9 cm³/mol. The monoisotopic (exact) mass is 240 g/mol. The summed E-state index contributed by atoms with van der Waals surface area (Å²) < 4.78 is 18.7. The minimum Gasteiger partial charge on any atom is -0.466 e. The van der Waals surface area contributed by atoms with Crippen LogP contribution >= 0.6 is 11.6 Å². The Kier molecular flexibility index (Phi) is 2.99. The lowest BCUT2D eigenvalue weighted by molar-refractivity contribution is 0.184. The fourth-order valence-corrected chi connectivity index (χ4v) is 1.69. The van der Waals surface area contributed by atoms with Crippen molar-refractivity contribution in [2.75, 3.05) is 0 Å². The quantitative estimate of drug-likeness (QED) is 0.872. The smallest absolute Gasteiger partial charge is 0.140 e. The number of hydrogen-bond donors (Lipinski definition) is 1. The van der Waals surface area contributed by atoms with Crippen LogP contribution in [0.3, 0.4) is 0 Å². The fraction of sp³-hybridized carbons (Fsp3) is 0.167. The molecular weight excluding hydrogens is 231 g/mol. The Labute approximate surface area is 97.3 Å². The van der Waals surface area contributed by atoms with Gasteiger partial charge in [-0.25, -0.2) is 4.39 Å². The van der Waals surface area contributed by atoms with E-state index in [1.165, 1.54) is 24.5 Å². The molecule has 1 N–H and O–H groups in total. The summed E-state index contributed by atoms with van der Waals surface area (Å²) in [5.41, 5.74) is 0.935. The molecule has 1 aromatic heterocycles. The van der Waals surface area contributed by atoms with Gasteiger partial charge in [0, 0.05) is 10.6 Å². The van der Waals surface area contributed by atoms with Crippen LogP contribution in [0.5, 0.6) is 0 Å². The second kappa shape index (κ2) is 4.28. The van der Waals surface area contributed by atoms with Gasteiger partial charge in [-0.3, -0.25) is 0 Å². The minimum absolute atomic E-state index is 0.155. The Bertz CT molecular complexity index is 507. The molecule has 2 rings (SSSR count). The summed E-state index contributed by atoms with van der Waals surface area (Å²) in [6, 6.07) is 5.86. The average Bonchev–Trinajstić information content (AvgIpc) is 2.63. The molecule has 0 radical (unpaired) electrons. The third kappa shape index (κ3) is 1.96. The first-order valence-corrected chi connectivity index (χ1v) is 5.14. The topological polar surface area (TPSA) is 33.4 Å². The molecular formula is C12H10ClFO2. The zero-order valence-electron chi connectivity index (χ0n) is 8.58. The van der Waals surface area contributed by atoms with Crippen molar-refractivity contribution in [3.63, 3.8) is 0 Å². The van der Waals surface area contributed by atoms with Crippen LogP contribution in [-0.2, 0) is 0 Å². The molecule has 1 heterocycles. The van der Waals surface area contributed by atoms with Crippen molar-refractivity contribution in [3.8, 4) is 0 Å². The van der Waals surface area contributed by atoms with Crippen LogP contribution in [-0.4, -0.2) is 5.11 Å². The molecule has 84 valence electrons. The van der Waals surface area contributed by atoms with Gasteiger partial charge in [-0.15, -0.1) is 0 Å². The van der Waals surface area contributed by atoms with Gasteiger partial charge in [0.2, 0.25) is 0 Å². The summed E-state index contributed by atoms with van der Waals surface area (Å²) in [6.45, 7) is 1.79. The third-order valence-corrected chi connectivity index (χ3v) is 2.64. The highest BCUT2D eigenvalue weighted by molar-refractivity contribution is 6.30. The Morgan fingerprint density at radius 1 is 1.38 bits per heavy atom. The third-order valence-electron chi connectivity index (χ3n) is 2.41. The fourth-order valence-electron chi connectivity index (χ4n) is 1.53. The SMILES string of the molecule is Cc1ccoc1C(O)c1ccc(Cl)cc1F. The second-order valence-corrected chi connectivity index (χ2v) is 3.97. The van der Waals surface area contributed by atoms with Gasteiger partial charge in [-0.1, -0.05) is 17.7 Å². The standard InChI is InChI=1S/C12H10ClFO2/c1-7-4-5-16-12(7)11(15)9-3-2-8(13)6-10(9)14/h2-6,11,15H,1H3. The van der Waals surface area contributed by atoms with Gasteiger partial charge >= 0.3 is 0 Å². The predicted octanol–water partition coefficient (Wildman–Crippen LogP) is 3.46. The maximum absolute atomic E-state index is 13.5. The van der Waals surface area contributed by atoms with Gasteiger partial charge in [0.1, 0.15) is 17.7 Å². The van der Waals surface area contributed by atoms with E-state index >= 15 is 0 Å². The number of hydrogen-bond acceptors (Lipinski definition) is 2. The van der Waals surface area contributed by atoms with Gasteiger partial charge in [0.25, 0.3) is 0 Å². The molecule has 0 amide bonds. The molecule has 1 aromatic carbocycles. The summed E-state index contributed by atoms with van der Waals surface area (Å²) >= 11 is 5.63. The molecule has 1 unspecified atom stereocenters. The van der Waals surface area contributed by atoms with Crippen LogP contribution in [0.1, 0.15) is 23.0 Å². The lowest BCUT2D eigenvalue weighted by Crippen LogP contribution is -2.02. The minimum atomic E-state index is -1.10. The van der Waals surface area contributed by atoms with Crippen LogP contribution in [0.25, 0.3) is 0 Å². The van der Waals surface area contributed by atoms with Gasteiger partial charge in [-0.05, 0) is 30.7 Å². The molecule has 2 nitrogen and oxygen atoms in total. The van der Waals surface area contributed by atoms with Crippen molar-refractivity contribution in [1.82, 2.24) is 0 Å². The van der Waals surface area contributed by atoms with E-state index in [-0.39, 0.29) is 5.56 Å². The number of furan rings is 1. The van der Waals surface area contributed by atoms with Crippen LogP contribution in [0.4, 0.5) is 4.39 Å². The molecule has 0 spiro atoms. The van der Waals surface area contributed by atoms with Crippen molar-refractivity contribution >= 4 is 11.6 Å². The van der Waals surface area contributed by atoms with Crippen LogP contribution in [0.15, 0.2) is 34.9 Å². The van der Waals surface area contributed by atoms with E-state index in [1.807, 2.05) is 0 Å². The lowest BCUT2D eigenvalue weighted by Gasteiger charge is -2.10. The van der Waals surface area contributed by atoms with E-state index in [4.69, 9.17) is 16.0 Å². The average molecular weight is 241 g/mol. The number of benzene rings is 1. The first kappa shape index (κ1) is 11.2. The van der Waals surface area contributed by atoms with Crippen molar-refractivity contribution in [3.05, 3.63) is 58.3 Å². The number of rotatable bonds is 2. The van der Waals surface area contributed by atoms with E-state index in [0.29, 0.717) is 10.8 Å². The number of aryl methyl sites for hydroxylation is 1. The Morgan fingerprint density at radius 2 is 2.12 bits per heavy atom. The molecule has 0 saturated heterocycles. The summed E-state index contributed by atoms with van der Waals surface area (Å²) in [7, 11) is 0. The molecule has 0 saturated carbocycles. The molecule has 1 atom stereocenters. The molecule has 0 fully saturated rings. The van der Waals surface area contributed by atoms with Gasteiger partial charge in [-0.2, -0.15) is 0 Å². The summed E-state index contributed by atoms with van der Waals surface area (Å²) in [6.07, 6.45) is 0.356. The summed E-state index contributed by atoms with van der Waals surface area (Å²) in [4.78, 5) is 0. The number of halogens is 2. The Morgan fingerprint density at radius 3 is 2.69 bits per heavy atom. The van der Waals surface area contributed by atoms with Crippen LogP contribution in [0, 0.1) is 12.7 Å². The highest BCUT2D eigenvalue weighted by atomic mass is 35.5. The molecule has 2 aromatic rings. The van der Waals surface area contributed by atoms with Crippen LogP contribution < -0.4 is 0 Å². The van der Waals surface area contributed by atoms with E-state index in [9.17, 15) is 9.50 Å². The van der Waals surface area contributed by atoms with Gasteiger partial charge in [0.15, 0.2) is 0 Å². The van der Waals surface area contributed by atoms with Crippen molar-refractivity contribution in [2.24, 2.45) is 0 Å². The van der Waals surface area contributed by atoms with Crippen molar-refractivity contribution < 1.29 is 13.9 Å². The Hall–Kier alpha value is -1.32.